The van der Waals surface area contributed by atoms with Crippen LogP contribution in [0.5, 0.6) is 5.75 Å². The SMILES string of the molecule is C[C@H](N)c1ccc2ccccc2c1OCC(O)CO. The van der Waals surface area contributed by atoms with Crippen molar-refractivity contribution in [1.82, 2.24) is 0 Å². The highest BCUT2D eigenvalue weighted by Gasteiger charge is 2.13. The van der Waals surface area contributed by atoms with Crippen molar-refractivity contribution in [2.45, 2.75) is 19.1 Å². The number of hydrogen-bond donors (Lipinski definition) is 3. The summed E-state index contributed by atoms with van der Waals surface area (Å²) in [6.45, 7) is 1.61. The molecule has 2 aromatic rings. The van der Waals surface area contributed by atoms with Crippen LogP contribution in [0.15, 0.2) is 36.4 Å². The molecular weight excluding hydrogens is 242 g/mol. The fraction of sp³-hybridized carbons (Fsp3) is 0.333. The highest BCUT2D eigenvalue weighted by Crippen LogP contribution is 2.32. The van der Waals surface area contributed by atoms with Crippen LogP contribution < -0.4 is 10.5 Å². The Balaban J connectivity index is 2.43. The summed E-state index contributed by atoms with van der Waals surface area (Å²) in [5.74, 6) is 0.681. The van der Waals surface area contributed by atoms with Gasteiger partial charge in [0.05, 0.1) is 6.61 Å². The van der Waals surface area contributed by atoms with Gasteiger partial charge in [0.1, 0.15) is 18.5 Å². The molecule has 0 saturated heterocycles. The van der Waals surface area contributed by atoms with Gasteiger partial charge in [0.15, 0.2) is 0 Å². The van der Waals surface area contributed by atoms with Crippen molar-refractivity contribution in [2.75, 3.05) is 13.2 Å². The minimum absolute atomic E-state index is 0.0459. The molecule has 4 N–H and O–H groups in total. The van der Waals surface area contributed by atoms with Gasteiger partial charge in [0.2, 0.25) is 0 Å². The van der Waals surface area contributed by atoms with E-state index in [-0.39, 0.29) is 19.3 Å². The molecule has 4 nitrogen and oxygen atoms in total. The molecule has 0 aliphatic heterocycles. The van der Waals surface area contributed by atoms with Crippen molar-refractivity contribution in [3.63, 3.8) is 0 Å². The predicted molar refractivity (Wildman–Crippen MR) is 75.1 cm³/mol. The summed E-state index contributed by atoms with van der Waals surface area (Å²) < 4.78 is 5.67. The topological polar surface area (TPSA) is 75.7 Å². The molecule has 2 aromatic carbocycles. The van der Waals surface area contributed by atoms with E-state index in [4.69, 9.17) is 15.6 Å². The molecule has 0 heterocycles. The van der Waals surface area contributed by atoms with Gasteiger partial charge in [-0.25, -0.2) is 0 Å². The van der Waals surface area contributed by atoms with Crippen LogP contribution in [0.2, 0.25) is 0 Å². The second-order valence-corrected chi connectivity index (χ2v) is 4.64. The molecule has 19 heavy (non-hydrogen) atoms. The van der Waals surface area contributed by atoms with Crippen LogP contribution in [0, 0.1) is 0 Å². The Labute approximate surface area is 112 Å². The smallest absolute Gasteiger partial charge is 0.132 e. The van der Waals surface area contributed by atoms with Crippen LogP contribution in [-0.2, 0) is 0 Å². The van der Waals surface area contributed by atoms with E-state index in [0.717, 1.165) is 16.3 Å². The first kappa shape index (κ1) is 13.8. The molecule has 0 spiro atoms. The molecule has 0 amide bonds. The van der Waals surface area contributed by atoms with Gasteiger partial charge in [-0.2, -0.15) is 0 Å². The van der Waals surface area contributed by atoms with Crippen molar-refractivity contribution in [1.29, 1.82) is 0 Å². The van der Waals surface area contributed by atoms with Crippen LogP contribution in [0.3, 0.4) is 0 Å². The first-order chi connectivity index (χ1) is 9.13. The van der Waals surface area contributed by atoms with E-state index in [1.54, 1.807) is 0 Å². The Morgan fingerprint density at radius 3 is 2.63 bits per heavy atom. The van der Waals surface area contributed by atoms with Crippen LogP contribution in [0.25, 0.3) is 10.8 Å². The molecular formula is C15H19NO3. The zero-order valence-electron chi connectivity index (χ0n) is 10.9. The molecule has 0 aliphatic carbocycles. The van der Waals surface area contributed by atoms with Crippen LogP contribution in [-0.4, -0.2) is 29.5 Å². The molecule has 0 saturated carbocycles. The zero-order valence-corrected chi connectivity index (χ0v) is 10.9. The van der Waals surface area contributed by atoms with E-state index < -0.39 is 6.10 Å². The maximum absolute atomic E-state index is 9.41. The molecule has 4 heteroatoms. The fourth-order valence-electron chi connectivity index (χ4n) is 2.01. The second kappa shape index (κ2) is 6.02. The molecule has 0 radical (unpaired) electrons. The quantitative estimate of drug-likeness (QED) is 0.764. The largest absolute Gasteiger partial charge is 0.490 e. The third-order valence-corrected chi connectivity index (χ3v) is 3.03. The van der Waals surface area contributed by atoms with Crippen LogP contribution in [0.1, 0.15) is 18.5 Å². The van der Waals surface area contributed by atoms with E-state index in [9.17, 15) is 5.11 Å². The summed E-state index contributed by atoms with van der Waals surface area (Å²) in [7, 11) is 0. The van der Waals surface area contributed by atoms with Crippen molar-refractivity contribution in [2.24, 2.45) is 5.73 Å². The number of nitrogens with two attached hydrogens (primary N) is 1. The fourth-order valence-corrected chi connectivity index (χ4v) is 2.01. The van der Waals surface area contributed by atoms with Gasteiger partial charge in [-0.05, 0) is 12.3 Å². The Kier molecular flexibility index (Phi) is 4.37. The third kappa shape index (κ3) is 3.04. The number of ether oxygens (including phenoxy) is 1. The molecule has 102 valence electrons. The lowest BCUT2D eigenvalue weighted by molar-refractivity contribution is 0.0537. The molecule has 2 atom stereocenters. The summed E-state index contributed by atoms with van der Waals surface area (Å²) in [4.78, 5) is 0. The van der Waals surface area contributed by atoms with Gasteiger partial charge >= 0.3 is 0 Å². The average molecular weight is 261 g/mol. The van der Waals surface area contributed by atoms with E-state index in [1.165, 1.54) is 0 Å². The molecule has 0 aromatic heterocycles. The molecule has 0 aliphatic rings. The van der Waals surface area contributed by atoms with Gasteiger partial charge in [0, 0.05) is 17.0 Å². The Hall–Kier alpha value is -1.62. The normalized spacial score (nSPS) is 14.3. The number of hydrogen-bond acceptors (Lipinski definition) is 4. The van der Waals surface area contributed by atoms with Gasteiger partial charge in [0.25, 0.3) is 0 Å². The van der Waals surface area contributed by atoms with Gasteiger partial charge in [-0.1, -0.05) is 36.4 Å². The number of rotatable bonds is 5. The number of aliphatic hydroxyl groups excluding tert-OH is 2. The van der Waals surface area contributed by atoms with Crippen molar-refractivity contribution < 1.29 is 14.9 Å². The molecule has 2 rings (SSSR count). The number of benzene rings is 2. The summed E-state index contributed by atoms with van der Waals surface area (Å²) in [5, 5.41) is 20.3. The van der Waals surface area contributed by atoms with E-state index in [1.807, 2.05) is 43.3 Å². The van der Waals surface area contributed by atoms with E-state index in [2.05, 4.69) is 0 Å². The van der Waals surface area contributed by atoms with Crippen molar-refractivity contribution >= 4 is 10.8 Å². The number of aliphatic hydroxyl groups is 2. The predicted octanol–water partition coefficient (Wildman–Crippen LogP) is 1.59. The summed E-state index contributed by atoms with van der Waals surface area (Å²) in [5.41, 5.74) is 6.84. The van der Waals surface area contributed by atoms with E-state index >= 15 is 0 Å². The maximum Gasteiger partial charge on any atom is 0.132 e. The first-order valence-corrected chi connectivity index (χ1v) is 6.32. The van der Waals surface area contributed by atoms with Gasteiger partial charge < -0.3 is 20.7 Å². The van der Waals surface area contributed by atoms with Gasteiger partial charge in [-0.15, -0.1) is 0 Å². The van der Waals surface area contributed by atoms with Crippen molar-refractivity contribution in [3.05, 3.63) is 42.0 Å². The highest BCUT2D eigenvalue weighted by molar-refractivity contribution is 5.89. The Morgan fingerprint density at radius 2 is 1.95 bits per heavy atom. The molecule has 1 unspecified atom stereocenters. The summed E-state index contributed by atoms with van der Waals surface area (Å²) in [6.07, 6.45) is -0.889. The minimum Gasteiger partial charge on any atom is -0.490 e. The summed E-state index contributed by atoms with van der Waals surface area (Å²) in [6, 6.07) is 11.6. The van der Waals surface area contributed by atoms with E-state index in [0.29, 0.717) is 5.75 Å². The lowest BCUT2D eigenvalue weighted by Gasteiger charge is -2.18. The number of fused-ring (bicyclic) bond motifs is 1. The van der Waals surface area contributed by atoms with Crippen LogP contribution in [0.4, 0.5) is 0 Å². The first-order valence-electron chi connectivity index (χ1n) is 6.32. The molecule has 0 fully saturated rings. The lowest BCUT2D eigenvalue weighted by Crippen LogP contribution is -2.22. The van der Waals surface area contributed by atoms with Crippen LogP contribution >= 0.6 is 0 Å². The lowest BCUT2D eigenvalue weighted by atomic mass is 10.0. The van der Waals surface area contributed by atoms with Crippen molar-refractivity contribution in [3.8, 4) is 5.75 Å². The monoisotopic (exact) mass is 261 g/mol. The third-order valence-electron chi connectivity index (χ3n) is 3.03. The Bertz CT molecular complexity index is 554. The second-order valence-electron chi connectivity index (χ2n) is 4.64. The average Bonchev–Trinajstić information content (AvgIpc) is 2.43. The summed E-state index contributed by atoms with van der Waals surface area (Å²) >= 11 is 0. The Morgan fingerprint density at radius 1 is 1.21 bits per heavy atom. The van der Waals surface area contributed by atoms with Gasteiger partial charge in [-0.3, -0.25) is 0 Å². The minimum atomic E-state index is -0.889. The zero-order chi connectivity index (χ0) is 13.8. The standard InChI is InChI=1S/C15H19NO3/c1-10(16)13-7-6-11-4-2-3-5-14(11)15(13)19-9-12(18)8-17/h2-7,10,12,17-18H,8-9,16H2,1H3/t10-,12?/m0/s1. The molecule has 0 bridgehead atoms. The maximum atomic E-state index is 9.41. The highest BCUT2D eigenvalue weighted by atomic mass is 16.5.